The number of benzene rings is 1. The van der Waals surface area contributed by atoms with E-state index in [4.69, 9.17) is 0 Å². The monoisotopic (exact) mass is 340 g/mol. The van der Waals surface area contributed by atoms with Crippen LogP contribution in [-0.4, -0.2) is 10.9 Å². The number of thiophene rings is 1. The van der Waals surface area contributed by atoms with Crippen molar-refractivity contribution in [2.24, 2.45) is 0 Å². The van der Waals surface area contributed by atoms with Crippen LogP contribution in [0.1, 0.15) is 20.8 Å². The Morgan fingerprint density at radius 2 is 2.04 bits per heavy atom. The summed E-state index contributed by atoms with van der Waals surface area (Å²) in [7, 11) is 0. The van der Waals surface area contributed by atoms with Gasteiger partial charge in [-0.2, -0.15) is 0 Å². The molecule has 1 amide bonds. The number of thioether (sulfide) groups is 1. The van der Waals surface area contributed by atoms with E-state index in [1.807, 2.05) is 42.5 Å². The molecule has 0 fully saturated rings. The van der Waals surface area contributed by atoms with Gasteiger partial charge in [-0.1, -0.05) is 24.3 Å². The minimum atomic E-state index is -0.0527. The summed E-state index contributed by atoms with van der Waals surface area (Å²) < 4.78 is 0. The van der Waals surface area contributed by atoms with E-state index in [0.717, 1.165) is 21.8 Å². The molecule has 5 heteroatoms. The first kappa shape index (κ1) is 15.8. The Hall–Kier alpha value is -2.11. The lowest BCUT2D eigenvalue weighted by atomic mass is 10.2. The van der Waals surface area contributed by atoms with E-state index in [-0.39, 0.29) is 5.91 Å². The number of hydrogen-bond donors (Lipinski definition) is 1. The van der Waals surface area contributed by atoms with E-state index in [1.165, 1.54) is 4.88 Å². The van der Waals surface area contributed by atoms with Gasteiger partial charge in [0.05, 0.1) is 5.56 Å². The Labute approximate surface area is 143 Å². The normalized spacial score (nSPS) is 10.4. The number of pyridine rings is 1. The molecular weight excluding hydrogens is 324 g/mol. The van der Waals surface area contributed by atoms with Crippen LogP contribution in [0.25, 0.3) is 0 Å². The van der Waals surface area contributed by atoms with Gasteiger partial charge in [0, 0.05) is 34.5 Å². The standard InChI is InChI=1S/C18H16N2OS2/c21-18(20-12-14-5-3-9-19-11-14)16-7-1-2-8-17(16)23-13-15-6-4-10-22-15/h1-11H,12-13H2,(H,20,21). The van der Waals surface area contributed by atoms with Gasteiger partial charge in [-0.25, -0.2) is 0 Å². The average Bonchev–Trinajstić information content (AvgIpc) is 3.12. The Morgan fingerprint density at radius 1 is 1.13 bits per heavy atom. The van der Waals surface area contributed by atoms with Crippen molar-refractivity contribution in [2.75, 3.05) is 0 Å². The van der Waals surface area contributed by atoms with Crippen LogP contribution < -0.4 is 5.32 Å². The summed E-state index contributed by atoms with van der Waals surface area (Å²) in [6.07, 6.45) is 3.49. The van der Waals surface area contributed by atoms with Crippen molar-refractivity contribution < 1.29 is 4.79 Å². The molecule has 3 aromatic rings. The fourth-order valence-corrected chi connectivity index (χ4v) is 3.93. The molecule has 1 aromatic carbocycles. The molecule has 0 saturated carbocycles. The molecule has 116 valence electrons. The van der Waals surface area contributed by atoms with Gasteiger partial charge in [0.2, 0.25) is 0 Å². The van der Waals surface area contributed by atoms with Crippen LogP contribution in [0.3, 0.4) is 0 Å². The van der Waals surface area contributed by atoms with Gasteiger partial charge >= 0.3 is 0 Å². The number of hydrogen-bond acceptors (Lipinski definition) is 4. The summed E-state index contributed by atoms with van der Waals surface area (Å²) in [5, 5.41) is 5.03. The summed E-state index contributed by atoms with van der Waals surface area (Å²) in [4.78, 5) is 18.8. The van der Waals surface area contributed by atoms with Gasteiger partial charge in [-0.3, -0.25) is 9.78 Å². The maximum Gasteiger partial charge on any atom is 0.252 e. The lowest BCUT2D eigenvalue weighted by Crippen LogP contribution is -2.23. The molecule has 3 nitrogen and oxygen atoms in total. The highest BCUT2D eigenvalue weighted by Gasteiger charge is 2.11. The Balaban J connectivity index is 1.65. The van der Waals surface area contributed by atoms with Crippen molar-refractivity contribution in [1.29, 1.82) is 0 Å². The molecule has 0 aliphatic carbocycles. The molecule has 0 aliphatic rings. The minimum absolute atomic E-state index is 0.0527. The third-order valence-electron chi connectivity index (χ3n) is 3.26. The second-order valence-corrected chi connectivity index (χ2v) is 6.96. The van der Waals surface area contributed by atoms with E-state index >= 15 is 0 Å². The molecule has 2 heterocycles. The van der Waals surface area contributed by atoms with E-state index in [9.17, 15) is 4.79 Å². The topological polar surface area (TPSA) is 42.0 Å². The molecule has 0 spiro atoms. The SMILES string of the molecule is O=C(NCc1cccnc1)c1ccccc1SCc1cccs1. The Morgan fingerprint density at radius 3 is 2.83 bits per heavy atom. The van der Waals surface area contributed by atoms with Gasteiger partial charge in [0.1, 0.15) is 0 Å². The van der Waals surface area contributed by atoms with Crippen LogP contribution in [0.15, 0.2) is 71.2 Å². The zero-order valence-electron chi connectivity index (χ0n) is 12.4. The minimum Gasteiger partial charge on any atom is -0.348 e. The van der Waals surface area contributed by atoms with Crippen molar-refractivity contribution in [3.63, 3.8) is 0 Å². The predicted molar refractivity (Wildman–Crippen MR) is 95.7 cm³/mol. The smallest absolute Gasteiger partial charge is 0.252 e. The van der Waals surface area contributed by atoms with Crippen LogP contribution in [-0.2, 0) is 12.3 Å². The van der Waals surface area contributed by atoms with E-state index in [1.54, 1.807) is 35.5 Å². The highest BCUT2D eigenvalue weighted by molar-refractivity contribution is 7.98. The van der Waals surface area contributed by atoms with Gasteiger partial charge in [0.25, 0.3) is 5.91 Å². The molecule has 1 N–H and O–H groups in total. The molecule has 3 rings (SSSR count). The van der Waals surface area contributed by atoms with E-state index in [2.05, 4.69) is 21.7 Å². The van der Waals surface area contributed by atoms with Crippen molar-refractivity contribution in [1.82, 2.24) is 10.3 Å². The first-order chi connectivity index (χ1) is 11.3. The second kappa shape index (κ2) is 7.94. The summed E-state index contributed by atoms with van der Waals surface area (Å²) in [6, 6.07) is 15.7. The van der Waals surface area contributed by atoms with Crippen LogP contribution in [0.2, 0.25) is 0 Å². The number of nitrogens with one attached hydrogen (secondary N) is 1. The highest BCUT2D eigenvalue weighted by Crippen LogP contribution is 2.27. The number of aromatic nitrogens is 1. The van der Waals surface area contributed by atoms with Crippen molar-refractivity contribution in [3.05, 3.63) is 82.3 Å². The van der Waals surface area contributed by atoms with Gasteiger partial charge in [0.15, 0.2) is 0 Å². The number of amides is 1. The highest BCUT2D eigenvalue weighted by atomic mass is 32.2. The predicted octanol–water partition coefficient (Wildman–Crippen LogP) is 4.37. The van der Waals surface area contributed by atoms with Crippen LogP contribution >= 0.6 is 23.1 Å². The molecule has 23 heavy (non-hydrogen) atoms. The lowest BCUT2D eigenvalue weighted by molar-refractivity contribution is 0.0948. The van der Waals surface area contributed by atoms with Crippen molar-refractivity contribution in [2.45, 2.75) is 17.2 Å². The zero-order valence-corrected chi connectivity index (χ0v) is 14.1. The molecule has 2 aromatic heterocycles. The largest absolute Gasteiger partial charge is 0.348 e. The van der Waals surface area contributed by atoms with Gasteiger partial charge in [-0.15, -0.1) is 23.1 Å². The number of carbonyl (C=O) groups excluding carboxylic acids is 1. The molecule has 0 saturated heterocycles. The maximum absolute atomic E-state index is 12.5. The molecular formula is C18H16N2OS2. The molecule has 0 bridgehead atoms. The van der Waals surface area contributed by atoms with Gasteiger partial charge in [-0.05, 0) is 35.2 Å². The Bertz CT molecular complexity index is 758. The average molecular weight is 340 g/mol. The van der Waals surface area contributed by atoms with Crippen LogP contribution in [0.5, 0.6) is 0 Å². The lowest BCUT2D eigenvalue weighted by Gasteiger charge is -2.09. The quantitative estimate of drug-likeness (QED) is 0.678. The third kappa shape index (κ3) is 4.43. The van der Waals surface area contributed by atoms with Crippen molar-refractivity contribution in [3.8, 4) is 0 Å². The fraction of sp³-hybridized carbons (Fsp3) is 0.111. The molecule has 0 unspecified atom stereocenters. The Kier molecular flexibility index (Phi) is 5.45. The fourth-order valence-electron chi connectivity index (χ4n) is 2.10. The van der Waals surface area contributed by atoms with E-state index in [0.29, 0.717) is 6.54 Å². The molecule has 0 radical (unpaired) electrons. The number of rotatable bonds is 6. The number of carbonyl (C=O) groups is 1. The maximum atomic E-state index is 12.5. The first-order valence-electron chi connectivity index (χ1n) is 7.24. The summed E-state index contributed by atoms with van der Waals surface area (Å²) in [6.45, 7) is 0.483. The summed E-state index contributed by atoms with van der Waals surface area (Å²) in [5.74, 6) is 0.827. The van der Waals surface area contributed by atoms with Crippen molar-refractivity contribution >= 4 is 29.0 Å². The third-order valence-corrected chi connectivity index (χ3v) is 5.44. The van der Waals surface area contributed by atoms with E-state index < -0.39 is 0 Å². The second-order valence-electron chi connectivity index (χ2n) is 4.91. The summed E-state index contributed by atoms with van der Waals surface area (Å²) >= 11 is 3.43. The molecule has 0 atom stereocenters. The molecule has 0 aliphatic heterocycles. The van der Waals surface area contributed by atoms with Crippen LogP contribution in [0, 0.1) is 0 Å². The zero-order chi connectivity index (χ0) is 15.9. The first-order valence-corrected chi connectivity index (χ1v) is 9.11. The summed E-state index contributed by atoms with van der Waals surface area (Å²) in [5.41, 5.74) is 1.71. The number of nitrogens with zero attached hydrogens (tertiary/aromatic N) is 1. The van der Waals surface area contributed by atoms with Crippen LogP contribution in [0.4, 0.5) is 0 Å². The van der Waals surface area contributed by atoms with Gasteiger partial charge < -0.3 is 5.32 Å².